The second-order valence-corrected chi connectivity index (χ2v) is 6.73. The third kappa shape index (κ3) is 3.69. The Labute approximate surface area is 150 Å². The van der Waals surface area contributed by atoms with E-state index in [9.17, 15) is 14.7 Å². The zero-order chi connectivity index (χ0) is 18.0. The van der Waals surface area contributed by atoms with Crippen LogP contribution in [0.5, 0.6) is 0 Å². The Hall–Kier alpha value is -2.34. The molecule has 1 amide bonds. The first-order valence-electron chi connectivity index (χ1n) is 8.26. The average Bonchev–Trinajstić information content (AvgIpc) is 3.25. The van der Waals surface area contributed by atoms with Crippen molar-refractivity contribution in [2.45, 2.75) is 38.6 Å². The van der Waals surface area contributed by atoms with Crippen molar-refractivity contribution in [1.29, 1.82) is 0 Å². The molecule has 1 atom stereocenters. The van der Waals surface area contributed by atoms with Crippen molar-refractivity contribution < 1.29 is 19.2 Å². The van der Waals surface area contributed by atoms with E-state index >= 15 is 0 Å². The first kappa shape index (κ1) is 17.5. The van der Waals surface area contributed by atoms with Crippen LogP contribution in [-0.4, -0.2) is 22.1 Å². The predicted octanol–water partition coefficient (Wildman–Crippen LogP) is 4.06. The number of nitrogens with one attached hydrogen (secondary N) is 1. The van der Waals surface area contributed by atoms with Gasteiger partial charge in [0.1, 0.15) is 5.69 Å². The molecule has 0 bridgehead atoms. The zero-order valence-corrected chi connectivity index (χ0v) is 14.5. The molecule has 0 spiro atoms. The molecule has 1 fully saturated rings. The number of carboxylic acid groups (broad SMARTS) is 1. The number of nitrogens with zero attached hydrogens (tertiary/aromatic N) is 1. The monoisotopic (exact) mass is 362 g/mol. The second-order valence-electron chi connectivity index (χ2n) is 6.30. The van der Waals surface area contributed by atoms with Crippen molar-refractivity contribution in [2.75, 3.05) is 0 Å². The van der Waals surface area contributed by atoms with Crippen molar-refractivity contribution in [3.05, 3.63) is 40.6 Å². The lowest BCUT2D eigenvalue weighted by atomic mass is 9.99. The molecule has 1 unspecified atom stereocenters. The Morgan fingerprint density at radius 3 is 2.52 bits per heavy atom. The zero-order valence-electron chi connectivity index (χ0n) is 13.8. The fraction of sp³-hybridized carbons (Fsp3) is 0.389. The van der Waals surface area contributed by atoms with Gasteiger partial charge in [0.2, 0.25) is 11.7 Å². The molecule has 0 aliphatic heterocycles. The average molecular weight is 363 g/mol. The number of carbonyl (C=O) groups is 2. The number of benzene rings is 1. The third-order valence-corrected chi connectivity index (χ3v) is 4.81. The highest BCUT2D eigenvalue weighted by molar-refractivity contribution is 6.30. The van der Waals surface area contributed by atoms with Crippen molar-refractivity contribution in [3.8, 4) is 11.3 Å². The summed E-state index contributed by atoms with van der Waals surface area (Å²) in [6.45, 7) is 1.74. The van der Waals surface area contributed by atoms with Crippen LogP contribution in [0.1, 0.15) is 54.8 Å². The Morgan fingerprint density at radius 1 is 1.28 bits per heavy atom. The van der Waals surface area contributed by atoms with Crippen LogP contribution in [0.3, 0.4) is 0 Å². The molecule has 1 aromatic heterocycles. The van der Waals surface area contributed by atoms with Crippen molar-refractivity contribution in [3.63, 3.8) is 0 Å². The van der Waals surface area contributed by atoms with Crippen molar-refractivity contribution in [2.24, 2.45) is 5.92 Å². The summed E-state index contributed by atoms with van der Waals surface area (Å²) in [6, 6.07) is 6.33. The number of halogens is 1. The molecule has 3 rings (SSSR count). The highest BCUT2D eigenvalue weighted by atomic mass is 35.5. The molecule has 6 nitrogen and oxygen atoms in total. The minimum atomic E-state index is -1.22. The molecule has 2 N–H and O–H groups in total. The summed E-state index contributed by atoms with van der Waals surface area (Å²) in [6.07, 6.45) is 3.85. The van der Waals surface area contributed by atoms with Gasteiger partial charge in [-0.1, -0.05) is 41.7 Å². The summed E-state index contributed by atoms with van der Waals surface area (Å²) < 4.78 is 5.04. The molecule has 25 heavy (non-hydrogen) atoms. The molecule has 1 saturated carbocycles. The van der Waals surface area contributed by atoms with Gasteiger partial charge in [0, 0.05) is 16.5 Å². The summed E-state index contributed by atoms with van der Waals surface area (Å²) in [5, 5.41) is 16.8. The van der Waals surface area contributed by atoms with Gasteiger partial charge in [-0.3, -0.25) is 4.79 Å². The maximum Gasteiger partial charge on any atom is 0.375 e. The molecule has 1 aromatic carbocycles. The summed E-state index contributed by atoms with van der Waals surface area (Å²) in [5.41, 5.74) is 1.44. The van der Waals surface area contributed by atoms with Gasteiger partial charge < -0.3 is 14.9 Å². The minimum Gasteiger partial charge on any atom is -0.475 e. The molecular formula is C18H19ClN2O4. The number of hydrogen-bond donors (Lipinski definition) is 2. The van der Waals surface area contributed by atoms with Gasteiger partial charge in [0.05, 0.1) is 11.6 Å². The molecule has 2 aromatic rings. The summed E-state index contributed by atoms with van der Waals surface area (Å²) in [7, 11) is 0. The number of hydrogen-bond acceptors (Lipinski definition) is 4. The second kappa shape index (κ2) is 7.27. The Morgan fingerprint density at radius 2 is 1.92 bits per heavy atom. The molecule has 132 valence electrons. The van der Waals surface area contributed by atoms with Gasteiger partial charge in [-0.2, -0.15) is 0 Å². The third-order valence-electron chi connectivity index (χ3n) is 4.56. The SMILES string of the molecule is CC(NC(=O)C1CCCC1)c1c(-c2ccc(Cl)cc2)noc1C(=O)O. The number of aromatic carboxylic acids is 1. The lowest BCUT2D eigenvalue weighted by molar-refractivity contribution is -0.125. The number of aromatic nitrogens is 1. The number of carbonyl (C=O) groups excluding carboxylic acids is 1. The number of rotatable bonds is 5. The van der Waals surface area contributed by atoms with Crippen LogP contribution in [0.2, 0.25) is 5.02 Å². The number of carboxylic acids is 1. The number of amides is 1. The maximum absolute atomic E-state index is 12.4. The standard InChI is InChI=1S/C18H19ClN2O4/c1-10(20-17(22)12-4-2-3-5-12)14-15(21-25-16(14)18(23)24)11-6-8-13(19)9-7-11/h6-10,12H,2-5H2,1H3,(H,20,22)(H,23,24). The largest absolute Gasteiger partial charge is 0.475 e. The molecule has 7 heteroatoms. The van der Waals surface area contributed by atoms with Crippen LogP contribution < -0.4 is 5.32 Å². The van der Waals surface area contributed by atoms with Crippen LogP contribution >= 0.6 is 11.6 Å². The summed E-state index contributed by atoms with van der Waals surface area (Å²) >= 11 is 5.90. The van der Waals surface area contributed by atoms with Gasteiger partial charge in [0.15, 0.2) is 0 Å². The van der Waals surface area contributed by atoms with Gasteiger partial charge in [-0.05, 0) is 31.9 Å². The lowest BCUT2D eigenvalue weighted by Gasteiger charge is -2.17. The van der Waals surface area contributed by atoms with E-state index in [2.05, 4.69) is 10.5 Å². The molecule has 1 heterocycles. The van der Waals surface area contributed by atoms with Crippen LogP contribution in [-0.2, 0) is 4.79 Å². The van der Waals surface area contributed by atoms with E-state index in [4.69, 9.17) is 16.1 Å². The minimum absolute atomic E-state index is 0.00503. The molecule has 0 radical (unpaired) electrons. The van der Waals surface area contributed by atoms with Gasteiger partial charge in [-0.25, -0.2) is 4.79 Å². The molecule has 0 saturated heterocycles. The topological polar surface area (TPSA) is 92.4 Å². The molecule has 1 aliphatic rings. The maximum atomic E-state index is 12.4. The van der Waals surface area contributed by atoms with Crippen LogP contribution in [0, 0.1) is 5.92 Å². The van der Waals surface area contributed by atoms with Gasteiger partial charge in [-0.15, -0.1) is 0 Å². The lowest BCUT2D eigenvalue weighted by Crippen LogP contribution is -2.32. The van der Waals surface area contributed by atoms with E-state index in [1.807, 2.05) is 0 Å². The van der Waals surface area contributed by atoms with Gasteiger partial charge in [0.25, 0.3) is 0 Å². The Balaban J connectivity index is 1.92. The highest BCUT2D eigenvalue weighted by Gasteiger charge is 2.30. The van der Waals surface area contributed by atoms with Crippen LogP contribution in [0.4, 0.5) is 0 Å². The Bertz CT molecular complexity index is 779. The van der Waals surface area contributed by atoms with Crippen LogP contribution in [0.15, 0.2) is 28.8 Å². The first-order valence-corrected chi connectivity index (χ1v) is 8.64. The smallest absolute Gasteiger partial charge is 0.375 e. The van der Waals surface area contributed by atoms with E-state index < -0.39 is 12.0 Å². The summed E-state index contributed by atoms with van der Waals surface area (Å²) in [5.74, 6) is -1.53. The van der Waals surface area contributed by atoms with Crippen molar-refractivity contribution in [1.82, 2.24) is 10.5 Å². The van der Waals surface area contributed by atoms with Crippen LogP contribution in [0.25, 0.3) is 11.3 Å². The Kier molecular flexibility index (Phi) is 5.08. The fourth-order valence-corrected chi connectivity index (χ4v) is 3.39. The van der Waals surface area contributed by atoms with E-state index in [-0.39, 0.29) is 17.6 Å². The fourth-order valence-electron chi connectivity index (χ4n) is 3.26. The first-order chi connectivity index (χ1) is 12.0. The highest BCUT2D eigenvalue weighted by Crippen LogP contribution is 2.32. The van der Waals surface area contributed by atoms with Gasteiger partial charge >= 0.3 is 5.97 Å². The van der Waals surface area contributed by atoms with E-state index in [0.29, 0.717) is 21.8 Å². The van der Waals surface area contributed by atoms with E-state index in [0.717, 1.165) is 25.7 Å². The van der Waals surface area contributed by atoms with E-state index in [1.165, 1.54) is 0 Å². The van der Waals surface area contributed by atoms with Crippen molar-refractivity contribution >= 4 is 23.5 Å². The quantitative estimate of drug-likeness (QED) is 0.836. The van der Waals surface area contributed by atoms with E-state index in [1.54, 1.807) is 31.2 Å². The molecular weight excluding hydrogens is 344 g/mol. The summed E-state index contributed by atoms with van der Waals surface area (Å²) in [4.78, 5) is 23.9. The normalized spacial score (nSPS) is 15.9. The predicted molar refractivity (Wildman–Crippen MR) is 92.4 cm³/mol. The molecule has 1 aliphatic carbocycles.